The Morgan fingerprint density at radius 1 is 1.50 bits per heavy atom. The number of amides is 1. The van der Waals surface area contributed by atoms with E-state index in [4.69, 9.17) is 0 Å². The van der Waals surface area contributed by atoms with E-state index in [2.05, 4.69) is 9.73 Å². The Bertz CT molecular complexity index is 465. The first kappa shape index (κ1) is 11.5. The van der Waals surface area contributed by atoms with E-state index in [0.29, 0.717) is 0 Å². The van der Waals surface area contributed by atoms with Crippen molar-refractivity contribution in [3.63, 3.8) is 0 Å². The summed E-state index contributed by atoms with van der Waals surface area (Å²) >= 11 is 0. The van der Waals surface area contributed by atoms with Gasteiger partial charge in [-0.3, -0.25) is 10.1 Å². The monoisotopic (exact) mass is 222 g/mol. The summed E-state index contributed by atoms with van der Waals surface area (Å²) in [6.45, 7) is -0.318. The van der Waals surface area contributed by atoms with Crippen LogP contribution in [0.1, 0.15) is 5.56 Å². The van der Waals surface area contributed by atoms with Gasteiger partial charge in [-0.15, -0.1) is 0 Å². The number of rotatable bonds is 3. The molecule has 0 saturated carbocycles. The lowest BCUT2D eigenvalue weighted by molar-refractivity contribution is -0.385. The third-order valence-corrected chi connectivity index (χ3v) is 1.68. The fourth-order valence-electron chi connectivity index (χ4n) is 1.02. The number of isocyanates is 1. The fraction of sp³-hybridized carbons (Fsp3) is 0.111. The van der Waals surface area contributed by atoms with Crippen molar-refractivity contribution in [3.8, 4) is 0 Å². The van der Waals surface area contributed by atoms with Crippen LogP contribution >= 0.6 is 0 Å². The van der Waals surface area contributed by atoms with Crippen molar-refractivity contribution in [1.29, 1.82) is 0 Å². The summed E-state index contributed by atoms with van der Waals surface area (Å²) in [6.07, 6.45) is -0.124. The van der Waals surface area contributed by atoms with Gasteiger partial charge in [0.05, 0.1) is 10.5 Å². The molecule has 0 N–H and O–H groups in total. The third-order valence-electron chi connectivity index (χ3n) is 1.68. The SMILES string of the molecule is O=C=NC(=O)OCc1ccccc1[N+](=O)[O-]. The summed E-state index contributed by atoms with van der Waals surface area (Å²) in [7, 11) is 0. The van der Waals surface area contributed by atoms with Crippen molar-refractivity contribution < 1.29 is 19.2 Å². The minimum Gasteiger partial charge on any atom is -0.442 e. The summed E-state index contributed by atoms with van der Waals surface area (Å²) in [6, 6.07) is 5.79. The quantitative estimate of drug-likeness (QED) is 0.334. The number of nitrogens with zero attached hydrogens (tertiary/aromatic N) is 2. The Kier molecular flexibility index (Phi) is 3.88. The van der Waals surface area contributed by atoms with Gasteiger partial charge in [-0.05, 0) is 6.07 Å². The summed E-state index contributed by atoms with van der Waals surface area (Å²) in [4.78, 5) is 33.0. The van der Waals surface area contributed by atoms with Crippen LogP contribution in [0.5, 0.6) is 0 Å². The third kappa shape index (κ3) is 3.00. The highest BCUT2D eigenvalue weighted by atomic mass is 16.6. The molecule has 0 atom stereocenters. The molecule has 7 nitrogen and oxygen atoms in total. The zero-order valence-electron chi connectivity index (χ0n) is 7.95. The first-order valence-electron chi connectivity index (χ1n) is 4.12. The second-order valence-corrected chi connectivity index (χ2v) is 2.64. The number of hydrogen-bond acceptors (Lipinski definition) is 5. The molecule has 0 aromatic heterocycles. The van der Waals surface area contributed by atoms with Crippen molar-refractivity contribution in [1.82, 2.24) is 0 Å². The largest absolute Gasteiger partial charge is 0.444 e. The van der Waals surface area contributed by atoms with Crippen LogP contribution in [-0.2, 0) is 16.1 Å². The normalized spacial score (nSPS) is 9.00. The molecule has 0 unspecified atom stereocenters. The summed E-state index contributed by atoms with van der Waals surface area (Å²) < 4.78 is 4.49. The lowest BCUT2D eigenvalue weighted by Crippen LogP contribution is -2.01. The molecule has 82 valence electrons. The maximum absolute atomic E-state index is 10.7. The van der Waals surface area contributed by atoms with Gasteiger partial charge in [0.2, 0.25) is 6.08 Å². The number of nitro groups is 1. The Morgan fingerprint density at radius 3 is 2.81 bits per heavy atom. The fourth-order valence-corrected chi connectivity index (χ4v) is 1.02. The molecule has 7 heteroatoms. The lowest BCUT2D eigenvalue weighted by Gasteiger charge is -2.01. The molecule has 1 aromatic carbocycles. The van der Waals surface area contributed by atoms with E-state index < -0.39 is 11.0 Å². The molecule has 0 saturated heterocycles. The van der Waals surface area contributed by atoms with Gasteiger partial charge in [0, 0.05) is 6.07 Å². The van der Waals surface area contributed by atoms with E-state index in [1.54, 1.807) is 6.07 Å². The van der Waals surface area contributed by atoms with Crippen molar-refractivity contribution in [2.24, 2.45) is 4.99 Å². The molecule has 0 aliphatic heterocycles. The van der Waals surface area contributed by atoms with Crippen LogP contribution in [0, 0.1) is 10.1 Å². The topological polar surface area (TPSA) is 98.9 Å². The standard InChI is InChI=1S/C9H6N2O5/c12-6-10-9(13)16-5-7-3-1-2-4-8(7)11(14)15/h1-4H,5H2. The molecule has 0 radical (unpaired) electrons. The maximum atomic E-state index is 10.7. The molecule has 0 aliphatic rings. The van der Waals surface area contributed by atoms with Gasteiger partial charge in [0.15, 0.2) is 0 Å². The van der Waals surface area contributed by atoms with Gasteiger partial charge in [-0.25, -0.2) is 9.59 Å². The second-order valence-electron chi connectivity index (χ2n) is 2.64. The summed E-state index contributed by atoms with van der Waals surface area (Å²) in [5, 5.41) is 10.6. The van der Waals surface area contributed by atoms with Crippen LogP contribution < -0.4 is 0 Å². The van der Waals surface area contributed by atoms with E-state index in [1.165, 1.54) is 18.2 Å². The molecule has 0 spiro atoms. The highest BCUT2D eigenvalue weighted by molar-refractivity contribution is 5.74. The first-order chi connectivity index (χ1) is 7.65. The van der Waals surface area contributed by atoms with Gasteiger partial charge in [0.1, 0.15) is 6.61 Å². The van der Waals surface area contributed by atoms with E-state index in [-0.39, 0.29) is 17.9 Å². The van der Waals surface area contributed by atoms with Crippen molar-refractivity contribution in [3.05, 3.63) is 39.9 Å². The highest BCUT2D eigenvalue weighted by Gasteiger charge is 2.13. The van der Waals surface area contributed by atoms with Gasteiger partial charge in [-0.1, -0.05) is 17.1 Å². The van der Waals surface area contributed by atoms with E-state index in [9.17, 15) is 19.7 Å². The zero-order chi connectivity index (χ0) is 12.0. The second kappa shape index (κ2) is 5.38. The van der Waals surface area contributed by atoms with Crippen LogP contribution in [-0.4, -0.2) is 17.1 Å². The van der Waals surface area contributed by atoms with Crippen LogP contribution in [0.3, 0.4) is 0 Å². The van der Waals surface area contributed by atoms with Crippen molar-refractivity contribution >= 4 is 17.9 Å². The van der Waals surface area contributed by atoms with E-state index in [1.807, 2.05) is 0 Å². The van der Waals surface area contributed by atoms with Crippen LogP contribution in [0.4, 0.5) is 10.5 Å². The van der Waals surface area contributed by atoms with Crippen LogP contribution in [0.25, 0.3) is 0 Å². The molecule has 1 aromatic rings. The average molecular weight is 222 g/mol. The van der Waals surface area contributed by atoms with E-state index in [0.717, 1.165) is 6.08 Å². The molecule has 1 amide bonds. The number of carbonyl (C=O) groups excluding carboxylic acids is 2. The number of carbonyl (C=O) groups is 1. The van der Waals surface area contributed by atoms with Gasteiger partial charge in [-0.2, -0.15) is 0 Å². The Hall–Kier alpha value is -2.53. The van der Waals surface area contributed by atoms with Crippen molar-refractivity contribution in [2.45, 2.75) is 6.61 Å². The first-order valence-corrected chi connectivity index (χ1v) is 4.12. The van der Waals surface area contributed by atoms with Gasteiger partial charge >= 0.3 is 6.09 Å². The molecule has 0 bridgehead atoms. The highest BCUT2D eigenvalue weighted by Crippen LogP contribution is 2.18. The van der Waals surface area contributed by atoms with Crippen LogP contribution in [0.15, 0.2) is 29.3 Å². The van der Waals surface area contributed by atoms with Crippen LogP contribution in [0.2, 0.25) is 0 Å². The minimum absolute atomic E-state index is 0.162. The van der Waals surface area contributed by atoms with Gasteiger partial charge in [0.25, 0.3) is 5.69 Å². The number of benzene rings is 1. The number of hydrogen-bond donors (Lipinski definition) is 0. The molecule has 16 heavy (non-hydrogen) atoms. The Morgan fingerprint density at radius 2 is 2.19 bits per heavy atom. The predicted molar refractivity (Wildman–Crippen MR) is 51.4 cm³/mol. The Labute approximate surface area is 89.5 Å². The molecule has 0 heterocycles. The molecule has 0 aliphatic carbocycles. The number of para-hydroxylation sites is 1. The van der Waals surface area contributed by atoms with E-state index >= 15 is 0 Å². The summed E-state index contributed by atoms with van der Waals surface area (Å²) in [5.41, 5.74) is 0.0623. The molecular formula is C9H6N2O5. The van der Waals surface area contributed by atoms with Crippen molar-refractivity contribution in [2.75, 3.05) is 0 Å². The molecule has 1 rings (SSSR count). The predicted octanol–water partition coefficient (Wildman–Crippen LogP) is 1.57. The minimum atomic E-state index is -1.13. The average Bonchev–Trinajstić information content (AvgIpc) is 2.27. The number of nitro benzene ring substituents is 1. The summed E-state index contributed by atoms with van der Waals surface area (Å²) in [5.74, 6) is 0. The number of ether oxygens (including phenoxy) is 1. The zero-order valence-corrected chi connectivity index (χ0v) is 7.95. The Balaban J connectivity index is 2.77. The smallest absolute Gasteiger partial charge is 0.442 e. The van der Waals surface area contributed by atoms with Gasteiger partial charge < -0.3 is 4.74 Å². The lowest BCUT2D eigenvalue weighted by atomic mass is 10.2. The maximum Gasteiger partial charge on any atom is 0.444 e. The number of aliphatic imine (C=N–C) groups is 1. The molecular weight excluding hydrogens is 216 g/mol. The molecule has 0 fully saturated rings.